The van der Waals surface area contributed by atoms with E-state index in [4.69, 9.17) is 5.73 Å². The van der Waals surface area contributed by atoms with Gasteiger partial charge in [0.15, 0.2) is 6.04 Å². The van der Waals surface area contributed by atoms with Crippen LogP contribution in [0.2, 0.25) is 0 Å². The molecule has 22 nitrogen and oxygen atoms in total. The van der Waals surface area contributed by atoms with Gasteiger partial charge in [0.1, 0.15) is 42.3 Å². The topological polar surface area (TPSA) is 352 Å². The van der Waals surface area contributed by atoms with Gasteiger partial charge in [0.25, 0.3) is 0 Å². The van der Waals surface area contributed by atoms with Crippen molar-refractivity contribution in [2.45, 2.75) is 101 Å². The van der Waals surface area contributed by atoms with Crippen LogP contribution in [-0.4, -0.2) is 153 Å². The molecule has 0 aliphatic rings. The molecule has 2 aromatic carbocycles. The lowest BCUT2D eigenvalue weighted by Crippen LogP contribution is -2.60. The van der Waals surface area contributed by atoms with Crippen molar-refractivity contribution in [2.75, 3.05) is 24.7 Å². The minimum Gasteiger partial charge on any atom is -0.480 e. The van der Waals surface area contributed by atoms with Crippen LogP contribution in [0.15, 0.2) is 60.8 Å². The van der Waals surface area contributed by atoms with Gasteiger partial charge in [-0.1, -0.05) is 68.8 Å². The molecular formula is C44H62N10O12S2. The second-order valence-electron chi connectivity index (χ2n) is 16.1. The van der Waals surface area contributed by atoms with E-state index in [1.807, 2.05) is 12.1 Å². The molecule has 1 heterocycles. The van der Waals surface area contributed by atoms with Gasteiger partial charge in [-0.15, -0.1) is 0 Å². The summed E-state index contributed by atoms with van der Waals surface area (Å²) in [5.41, 5.74) is 7.70. The van der Waals surface area contributed by atoms with E-state index in [1.54, 1.807) is 62.5 Å². The van der Waals surface area contributed by atoms with Crippen molar-refractivity contribution < 1.29 is 58.5 Å². The molecule has 372 valence electrons. The Hall–Kier alpha value is -6.21. The van der Waals surface area contributed by atoms with Crippen molar-refractivity contribution in [3.63, 3.8) is 0 Å². The van der Waals surface area contributed by atoms with Gasteiger partial charge < -0.3 is 68.6 Å². The summed E-state index contributed by atoms with van der Waals surface area (Å²) in [5, 5.41) is 48.9. The maximum atomic E-state index is 14.2. The SMILES string of the molecule is CC[C@H](C)[C@H](NC(=O)[C@H](Cc1c[nH]c2ccccc12)NC(=O)[C@H](C)NC(=O)[C@H](CS)NC(=O)[C@H](Cc1ccccc1)NC(=O)[C@@H](N)CO)C(=O)NCC(=O)N[C@@H](CS)C(=O)N[C@H](C(=O)O)[C@@H](C)O. The van der Waals surface area contributed by atoms with E-state index < -0.39 is 127 Å². The average molecular weight is 987 g/mol. The van der Waals surface area contributed by atoms with Gasteiger partial charge in [-0.2, -0.15) is 25.3 Å². The maximum absolute atomic E-state index is 14.2. The molecule has 0 saturated heterocycles. The minimum absolute atomic E-state index is 0.00604. The molecule has 0 radical (unpaired) electrons. The lowest BCUT2D eigenvalue weighted by Gasteiger charge is -2.28. The van der Waals surface area contributed by atoms with Crippen LogP contribution in [0.1, 0.15) is 45.2 Å². The molecule has 3 rings (SSSR count). The number of carbonyl (C=O) groups is 9. The first-order valence-electron chi connectivity index (χ1n) is 21.7. The number of aliphatic hydroxyl groups excluding tert-OH is 2. The summed E-state index contributed by atoms with van der Waals surface area (Å²) in [6, 6.07) is 5.15. The summed E-state index contributed by atoms with van der Waals surface area (Å²) in [6.07, 6.45) is 0.501. The molecule has 8 amide bonds. The fraction of sp³-hybridized carbons (Fsp3) is 0.477. The number of hydrogen-bond acceptors (Lipinski definition) is 14. The maximum Gasteiger partial charge on any atom is 0.328 e. The van der Waals surface area contributed by atoms with Gasteiger partial charge in [-0.3, -0.25) is 38.4 Å². The van der Waals surface area contributed by atoms with Crippen molar-refractivity contribution in [1.82, 2.24) is 47.5 Å². The number of para-hydroxylation sites is 1. The number of aromatic nitrogens is 1. The zero-order valence-electron chi connectivity index (χ0n) is 38.0. The molecule has 10 atom stereocenters. The van der Waals surface area contributed by atoms with Crippen molar-refractivity contribution in [3.8, 4) is 0 Å². The predicted molar refractivity (Wildman–Crippen MR) is 256 cm³/mol. The normalized spacial score (nSPS) is 15.5. The Balaban J connectivity index is 1.77. The average Bonchev–Trinajstić information content (AvgIpc) is 3.73. The largest absolute Gasteiger partial charge is 0.480 e. The number of amides is 8. The highest BCUT2D eigenvalue weighted by molar-refractivity contribution is 7.80. The molecule has 0 aliphatic heterocycles. The molecule has 24 heteroatoms. The predicted octanol–water partition coefficient (Wildman–Crippen LogP) is -2.83. The Morgan fingerprint density at radius 2 is 1.18 bits per heavy atom. The van der Waals surface area contributed by atoms with Crippen molar-refractivity contribution >= 4 is 89.4 Å². The van der Waals surface area contributed by atoms with Gasteiger partial charge in [0.05, 0.1) is 19.3 Å². The number of benzene rings is 2. The number of nitrogens with one attached hydrogen (secondary N) is 9. The first-order valence-corrected chi connectivity index (χ1v) is 23.0. The number of aliphatic hydroxyl groups is 2. The Bertz CT molecular complexity index is 2230. The highest BCUT2D eigenvalue weighted by Gasteiger charge is 2.34. The van der Waals surface area contributed by atoms with E-state index in [2.05, 4.69) is 72.8 Å². The third kappa shape index (κ3) is 16.8. The quantitative estimate of drug-likeness (QED) is 0.0343. The number of aliphatic carboxylic acids is 1. The number of rotatable bonds is 27. The van der Waals surface area contributed by atoms with E-state index in [9.17, 15) is 58.5 Å². The number of thiol groups is 2. The summed E-state index contributed by atoms with van der Waals surface area (Å²) >= 11 is 8.27. The Morgan fingerprint density at radius 3 is 1.78 bits per heavy atom. The van der Waals surface area contributed by atoms with E-state index in [-0.39, 0.29) is 24.3 Å². The zero-order valence-corrected chi connectivity index (χ0v) is 39.8. The summed E-state index contributed by atoms with van der Waals surface area (Å²) in [7, 11) is 0. The Morgan fingerprint density at radius 1 is 0.647 bits per heavy atom. The van der Waals surface area contributed by atoms with Gasteiger partial charge in [0, 0.05) is 41.4 Å². The highest BCUT2D eigenvalue weighted by Crippen LogP contribution is 2.20. The van der Waals surface area contributed by atoms with E-state index in [1.165, 1.54) is 6.92 Å². The molecule has 0 bridgehead atoms. The molecule has 0 saturated carbocycles. The van der Waals surface area contributed by atoms with Crippen LogP contribution < -0.4 is 48.3 Å². The van der Waals surface area contributed by atoms with Crippen LogP contribution >= 0.6 is 25.3 Å². The number of fused-ring (bicyclic) bond motifs is 1. The molecule has 3 aromatic rings. The molecule has 68 heavy (non-hydrogen) atoms. The van der Waals surface area contributed by atoms with Crippen LogP contribution in [0.4, 0.5) is 0 Å². The standard InChI is InChI=1S/C44H62N10O12S2/c1-5-22(2)35(43(64)47-18-34(57)49-32(20-67)42(63)54-36(24(4)56)44(65)66)53-40(61)31(16-26-17-46-29-14-10-9-13-27(26)29)50-37(58)23(3)48-41(62)33(21-68)52-39(60)30(51-38(59)28(45)19-55)15-25-11-7-6-8-12-25/h6-14,17,22-24,28,30-33,35-36,46,55-56,67-68H,5,15-16,18-21,45H2,1-4H3,(H,47,64)(H,48,62)(H,49,57)(H,50,58)(H,51,59)(H,52,60)(H,53,61)(H,54,63)(H,65,66)/t22-,23-,24+,28-,30-,31-,32-,33-,35-,36-/m0/s1. The number of carboxylic acids is 1. The first kappa shape index (κ1) is 56.1. The summed E-state index contributed by atoms with van der Waals surface area (Å²) in [6.45, 7) is 4.60. The number of nitrogens with two attached hydrogens (primary N) is 1. The van der Waals surface area contributed by atoms with Crippen LogP contribution in [-0.2, 0) is 56.0 Å². The zero-order chi connectivity index (χ0) is 50.7. The second kappa shape index (κ2) is 27.6. The van der Waals surface area contributed by atoms with Crippen LogP contribution in [0.25, 0.3) is 10.9 Å². The Labute approximate surface area is 403 Å². The smallest absolute Gasteiger partial charge is 0.328 e. The first-order chi connectivity index (χ1) is 32.2. The molecule has 0 fully saturated rings. The fourth-order valence-electron chi connectivity index (χ4n) is 6.61. The van der Waals surface area contributed by atoms with E-state index in [0.717, 1.165) is 17.8 Å². The molecular weight excluding hydrogens is 925 g/mol. The van der Waals surface area contributed by atoms with Crippen molar-refractivity contribution in [2.24, 2.45) is 11.7 Å². The lowest BCUT2D eigenvalue weighted by atomic mass is 9.97. The third-order valence-corrected chi connectivity index (χ3v) is 11.6. The van der Waals surface area contributed by atoms with Crippen LogP contribution in [0, 0.1) is 5.92 Å². The van der Waals surface area contributed by atoms with E-state index >= 15 is 0 Å². The minimum atomic E-state index is -1.66. The van der Waals surface area contributed by atoms with Crippen molar-refractivity contribution in [3.05, 3.63) is 71.9 Å². The lowest BCUT2D eigenvalue weighted by molar-refractivity contribution is -0.145. The summed E-state index contributed by atoms with van der Waals surface area (Å²) < 4.78 is 0. The number of hydrogen-bond donors (Lipinski definition) is 15. The van der Waals surface area contributed by atoms with Crippen molar-refractivity contribution in [1.29, 1.82) is 0 Å². The molecule has 0 unspecified atom stereocenters. The third-order valence-electron chi connectivity index (χ3n) is 10.8. The summed E-state index contributed by atoms with van der Waals surface area (Å²) in [4.78, 5) is 121. The number of H-pyrrole nitrogens is 1. The monoisotopic (exact) mass is 986 g/mol. The van der Waals surface area contributed by atoms with Gasteiger partial charge in [0.2, 0.25) is 47.3 Å². The van der Waals surface area contributed by atoms with Gasteiger partial charge in [-0.25, -0.2) is 4.79 Å². The van der Waals surface area contributed by atoms with Gasteiger partial charge >= 0.3 is 5.97 Å². The second-order valence-corrected chi connectivity index (χ2v) is 16.8. The van der Waals surface area contributed by atoms with E-state index in [0.29, 0.717) is 17.5 Å². The van der Waals surface area contributed by atoms with Gasteiger partial charge in [-0.05, 0) is 37.0 Å². The van der Waals surface area contributed by atoms with Crippen LogP contribution in [0.3, 0.4) is 0 Å². The molecule has 0 aliphatic carbocycles. The number of aromatic amines is 1. The molecule has 0 spiro atoms. The summed E-state index contributed by atoms with van der Waals surface area (Å²) in [5.74, 6) is -9.12. The fourth-order valence-corrected chi connectivity index (χ4v) is 7.12. The number of carboxylic acid groups (broad SMARTS) is 1. The Kier molecular flexibility index (Phi) is 22.7. The highest BCUT2D eigenvalue weighted by atomic mass is 32.1. The molecule has 1 aromatic heterocycles. The molecule has 14 N–H and O–H groups in total. The van der Waals surface area contributed by atoms with Crippen LogP contribution in [0.5, 0.6) is 0 Å². The number of carbonyl (C=O) groups excluding carboxylic acids is 8.